The van der Waals surface area contributed by atoms with Gasteiger partial charge in [0.15, 0.2) is 0 Å². The topological polar surface area (TPSA) is 107 Å². The number of rotatable bonds is 5. The fourth-order valence-electron chi connectivity index (χ4n) is 2.44. The highest BCUT2D eigenvalue weighted by molar-refractivity contribution is 7.87. The van der Waals surface area contributed by atoms with Gasteiger partial charge in [-0.1, -0.05) is 11.6 Å². The van der Waals surface area contributed by atoms with Gasteiger partial charge < -0.3 is 10.0 Å². The van der Waals surface area contributed by atoms with Crippen molar-refractivity contribution < 1.29 is 23.1 Å². The summed E-state index contributed by atoms with van der Waals surface area (Å²) in [7, 11) is -0.710. The minimum Gasteiger partial charge on any atom is -0.478 e. The molecular weight excluding hydrogens is 358 g/mol. The number of carboxylic acid groups (broad SMARTS) is 1. The summed E-state index contributed by atoms with van der Waals surface area (Å²) in [5, 5.41) is 8.98. The second-order valence-electron chi connectivity index (χ2n) is 5.59. The summed E-state index contributed by atoms with van der Waals surface area (Å²) in [6, 6.07) is 2.40. The van der Waals surface area contributed by atoms with E-state index in [9.17, 15) is 18.0 Å². The normalized spacial score (nSPS) is 15.3. The monoisotopic (exact) mass is 375 g/mol. The standard InChI is InChI=1S/C14H18ClN3O5S/c1-17(2)12-8-9(14(20)21)11(15)7-10(12)13(19)16-24(22,23)18-5-3-4-6-18/h7-8H,3-6H2,1-2H3,(H,16,19)(H,20,21). The van der Waals surface area contributed by atoms with E-state index in [0.717, 1.165) is 18.9 Å². The van der Waals surface area contributed by atoms with Gasteiger partial charge in [-0.3, -0.25) is 4.79 Å². The maximum atomic E-state index is 12.4. The van der Waals surface area contributed by atoms with E-state index in [1.807, 2.05) is 4.72 Å². The molecule has 1 aromatic carbocycles. The average molecular weight is 376 g/mol. The van der Waals surface area contributed by atoms with Gasteiger partial charge >= 0.3 is 16.2 Å². The first-order valence-corrected chi connectivity index (χ1v) is 9.01. The molecule has 0 unspecified atom stereocenters. The van der Waals surface area contributed by atoms with E-state index < -0.39 is 22.1 Å². The van der Waals surface area contributed by atoms with Crippen molar-refractivity contribution in [3.63, 3.8) is 0 Å². The van der Waals surface area contributed by atoms with Crippen LogP contribution >= 0.6 is 11.6 Å². The summed E-state index contributed by atoms with van der Waals surface area (Å²) >= 11 is 5.90. The Bertz CT molecular complexity index is 773. The van der Waals surface area contributed by atoms with Crippen molar-refractivity contribution in [2.45, 2.75) is 12.8 Å². The summed E-state index contributed by atoms with van der Waals surface area (Å²) in [5.74, 6) is -2.09. The summed E-state index contributed by atoms with van der Waals surface area (Å²) in [4.78, 5) is 25.1. The molecule has 1 heterocycles. The summed E-state index contributed by atoms with van der Waals surface area (Å²) in [6.45, 7) is 0.726. The van der Waals surface area contributed by atoms with Crippen molar-refractivity contribution in [2.24, 2.45) is 0 Å². The Morgan fingerprint density at radius 1 is 1.21 bits per heavy atom. The van der Waals surface area contributed by atoms with Crippen molar-refractivity contribution >= 4 is 39.4 Å². The number of benzene rings is 1. The summed E-state index contributed by atoms with van der Waals surface area (Å²) < 4.78 is 27.6. The van der Waals surface area contributed by atoms with E-state index >= 15 is 0 Å². The molecule has 10 heteroatoms. The molecular formula is C14H18ClN3O5S. The van der Waals surface area contributed by atoms with Gasteiger partial charge in [0.05, 0.1) is 16.1 Å². The van der Waals surface area contributed by atoms with E-state index in [4.69, 9.17) is 16.7 Å². The van der Waals surface area contributed by atoms with Gasteiger partial charge in [-0.05, 0) is 25.0 Å². The Morgan fingerprint density at radius 2 is 1.79 bits per heavy atom. The second-order valence-corrected chi connectivity index (χ2v) is 7.67. The number of carbonyl (C=O) groups is 2. The van der Waals surface area contributed by atoms with E-state index in [2.05, 4.69) is 0 Å². The third-order valence-electron chi connectivity index (χ3n) is 3.67. The Hall–Kier alpha value is -1.84. The van der Waals surface area contributed by atoms with Crippen molar-refractivity contribution in [2.75, 3.05) is 32.1 Å². The molecule has 1 aliphatic rings. The third-order valence-corrected chi connectivity index (χ3v) is 5.47. The van der Waals surface area contributed by atoms with Gasteiger partial charge in [-0.25, -0.2) is 9.52 Å². The fourth-order valence-corrected chi connectivity index (χ4v) is 3.90. The van der Waals surface area contributed by atoms with Crippen LogP contribution in [-0.4, -0.2) is 56.9 Å². The molecule has 0 aliphatic carbocycles. The lowest BCUT2D eigenvalue weighted by Gasteiger charge is -2.20. The number of nitrogens with zero attached hydrogens (tertiary/aromatic N) is 2. The van der Waals surface area contributed by atoms with Crippen molar-refractivity contribution in [3.8, 4) is 0 Å². The molecule has 1 fully saturated rings. The zero-order chi connectivity index (χ0) is 18.1. The number of aromatic carboxylic acids is 1. The van der Waals surface area contributed by atoms with Crippen molar-refractivity contribution in [1.82, 2.24) is 9.03 Å². The zero-order valence-electron chi connectivity index (χ0n) is 13.2. The van der Waals surface area contributed by atoms with Crippen LogP contribution < -0.4 is 9.62 Å². The molecule has 0 saturated carbocycles. The highest BCUT2D eigenvalue weighted by Gasteiger charge is 2.29. The highest BCUT2D eigenvalue weighted by Crippen LogP contribution is 2.27. The molecule has 0 spiro atoms. The van der Waals surface area contributed by atoms with Crippen LogP contribution in [0.15, 0.2) is 12.1 Å². The predicted octanol–water partition coefficient (Wildman–Crippen LogP) is 1.17. The lowest BCUT2D eigenvalue weighted by atomic mass is 10.1. The van der Waals surface area contributed by atoms with Gasteiger partial charge in [0, 0.05) is 32.9 Å². The van der Waals surface area contributed by atoms with Gasteiger partial charge in [-0.2, -0.15) is 12.7 Å². The smallest absolute Gasteiger partial charge is 0.337 e. The molecule has 8 nitrogen and oxygen atoms in total. The molecule has 2 N–H and O–H groups in total. The number of anilines is 1. The Balaban J connectivity index is 2.38. The van der Waals surface area contributed by atoms with Gasteiger partial charge in [0.25, 0.3) is 5.91 Å². The van der Waals surface area contributed by atoms with Crippen LogP contribution in [0.2, 0.25) is 5.02 Å². The van der Waals surface area contributed by atoms with E-state index in [-0.39, 0.29) is 21.8 Å². The molecule has 0 bridgehead atoms. The summed E-state index contributed by atoms with van der Waals surface area (Å²) in [6.07, 6.45) is 1.49. The van der Waals surface area contributed by atoms with Crippen molar-refractivity contribution in [1.29, 1.82) is 0 Å². The number of hydrogen-bond acceptors (Lipinski definition) is 5. The lowest BCUT2D eigenvalue weighted by molar-refractivity contribution is 0.0696. The molecule has 1 saturated heterocycles. The first-order chi connectivity index (χ1) is 11.1. The maximum Gasteiger partial charge on any atom is 0.337 e. The predicted molar refractivity (Wildman–Crippen MR) is 89.9 cm³/mol. The van der Waals surface area contributed by atoms with Crippen LogP contribution in [0, 0.1) is 0 Å². The maximum absolute atomic E-state index is 12.4. The molecule has 0 atom stereocenters. The molecule has 1 aliphatic heterocycles. The van der Waals surface area contributed by atoms with Gasteiger partial charge in [0.2, 0.25) is 0 Å². The van der Waals surface area contributed by atoms with E-state index in [1.165, 1.54) is 15.3 Å². The number of carbonyl (C=O) groups excluding carboxylic acids is 1. The number of carboxylic acids is 1. The molecule has 1 aromatic rings. The van der Waals surface area contributed by atoms with Gasteiger partial charge in [0.1, 0.15) is 0 Å². The molecule has 24 heavy (non-hydrogen) atoms. The van der Waals surface area contributed by atoms with Crippen LogP contribution in [0.4, 0.5) is 5.69 Å². The minimum atomic E-state index is -3.93. The largest absolute Gasteiger partial charge is 0.478 e. The minimum absolute atomic E-state index is 0.0160. The lowest BCUT2D eigenvalue weighted by Crippen LogP contribution is -2.42. The Kier molecular flexibility index (Phi) is 5.36. The van der Waals surface area contributed by atoms with Crippen LogP contribution in [0.3, 0.4) is 0 Å². The van der Waals surface area contributed by atoms with Crippen LogP contribution in [0.25, 0.3) is 0 Å². The highest BCUT2D eigenvalue weighted by atomic mass is 35.5. The molecule has 1 amide bonds. The first kappa shape index (κ1) is 18.5. The quantitative estimate of drug-likeness (QED) is 0.800. The van der Waals surface area contributed by atoms with E-state index in [1.54, 1.807) is 14.1 Å². The Labute approximate surface area is 145 Å². The van der Waals surface area contributed by atoms with E-state index in [0.29, 0.717) is 13.1 Å². The number of hydrogen-bond donors (Lipinski definition) is 2. The van der Waals surface area contributed by atoms with Gasteiger partial charge in [-0.15, -0.1) is 0 Å². The number of halogens is 1. The molecule has 0 aromatic heterocycles. The molecule has 132 valence electrons. The molecule has 0 radical (unpaired) electrons. The van der Waals surface area contributed by atoms with Crippen molar-refractivity contribution in [3.05, 3.63) is 28.3 Å². The SMILES string of the molecule is CN(C)c1cc(C(=O)O)c(Cl)cc1C(=O)NS(=O)(=O)N1CCCC1. The molecule has 2 rings (SSSR count). The number of amides is 1. The average Bonchev–Trinajstić information content (AvgIpc) is 3.00. The van der Waals surface area contributed by atoms with Crippen LogP contribution in [0.5, 0.6) is 0 Å². The Morgan fingerprint density at radius 3 is 2.29 bits per heavy atom. The van der Waals surface area contributed by atoms with Crippen LogP contribution in [-0.2, 0) is 10.2 Å². The number of nitrogens with one attached hydrogen (secondary N) is 1. The summed E-state index contributed by atoms with van der Waals surface area (Å²) in [5.41, 5.74) is 0.0722. The first-order valence-electron chi connectivity index (χ1n) is 7.20. The third kappa shape index (κ3) is 3.80. The second kappa shape index (κ2) is 6.96. The fraction of sp³-hybridized carbons (Fsp3) is 0.429. The van der Waals surface area contributed by atoms with Crippen LogP contribution in [0.1, 0.15) is 33.6 Å². The zero-order valence-corrected chi connectivity index (χ0v) is 14.8.